The van der Waals surface area contributed by atoms with E-state index >= 15 is 0 Å². The molecule has 0 amide bonds. The van der Waals surface area contributed by atoms with Crippen molar-refractivity contribution in [2.45, 2.75) is 25.9 Å². The van der Waals surface area contributed by atoms with E-state index in [1.54, 1.807) is 0 Å². The van der Waals surface area contributed by atoms with E-state index in [9.17, 15) is 0 Å². The fourth-order valence-corrected chi connectivity index (χ4v) is 2.48. The summed E-state index contributed by atoms with van der Waals surface area (Å²) in [5.74, 6) is 2.83. The van der Waals surface area contributed by atoms with Crippen molar-refractivity contribution < 1.29 is 9.15 Å². The molecular formula is C14H24N2O2. The third-order valence-corrected chi connectivity index (χ3v) is 3.40. The van der Waals surface area contributed by atoms with Crippen LogP contribution in [-0.4, -0.2) is 38.8 Å². The number of furan rings is 1. The molecule has 102 valence electrons. The largest absolute Gasteiger partial charge is 0.463 e. The minimum atomic E-state index is 0.774. The van der Waals surface area contributed by atoms with Crippen LogP contribution in [0.3, 0.4) is 0 Å². The Kier molecular flexibility index (Phi) is 5.23. The average Bonchev–Trinajstić information content (AvgIpc) is 2.78. The number of hydrogen-bond donors (Lipinski definition) is 1. The minimum Gasteiger partial charge on any atom is -0.463 e. The van der Waals surface area contributed by atoms with Gasteiger partial charge in [0.15, 0.2) is 0 Å². The fraction of sp³-hybridized carbons (Fsp3) is 0.714. The maximum absolute atomic E-state index is 5.76. The zero-order valence-corrected chi connectivity index (χ0v) is 11.4. The second-order valence-electron chi connectivity index (χ2n) is 5.15. The van der Waals surface area contributed by atoms with Gasteiger partial charge in [-0.3, -0.25) is 4.90 Å². The van der Waals surface area contributed by atoms with Crippen molar-refractivity contribution in [3.05, 3.63) is 23.7 Å². The molecule has 0 saturated carbocycles. The summed E-state index contributed by atoms with van der Waals surface area (Å²) in [5.41, 5.74) is 0. The molecule has 0 atom stereocenters. The van der Waals surface area contributed by atoms with Gasteiger partial charge in [-0.2, -0.15) is 0 Å². The van der Waals surface area contributed by atoms with Crippen molar-refractivity contribution in [1.82, 2.24) is 10.2 Å². The van der Waals surface area contributed by atoms with Crippen LogP contribution in [-0.2, 0) is 17.8 Å². The lowest BCUT2D eigenvalue weighted by molar-refractivity contribution is 0.0542. The predicted molar refractivity (Wildman–Crippen MR) is 71.3 cm³/mol. The lowest BCUT2D eigenvalue weighted by Gasteiger charge is -2.26. The summed E-state index contributed by atoms with van der Waals surface area (Å²) in [6.07, 6.45) is 2.38. The molecule has 0 aromatic carbocycles. The maximum atomic E-state index is 5.76. The van der Waals surface area contributed by atoms with Gasteiger partial charge in [0.25, 0.3) is 0 Å². The topological polar surface area (TPSA) is 37.6 Å². The summed E-state index contributed by atoms with van der Waals surface area (Å²) in [4.78, 5) is 2.35. The molecule has 2 heterocycles. The second-order valence-corrected chi connectivity index (χ2v) is 5.15. The summed E-state index contributed by atoms with van der Waals surface area (Å²) in [5, 5.41) is 3.10. The Labute approximate surface area is 109 Å². The van der Waals surface area contributed by atoms with Crippen LogP contribution in [0.1, 0.15) is 24.4 Å². The van der Waals surface area contributed by atoms with Crippen LogP contribution in [0.15, 0.2) is 16.5 Å². The summed E-state index contributed by atoms with van der Waals surface area (Å²) in [6, 6.07) is 4.13. The molecule has 0 aliphatic carbocycles. The van der Waals surface area contributed by atoms with E-state index in [2.05, 4.69) is 23.3 Å². The molecule has 1 N–H and O–H groups in total. The molecule has 0 radical (unpaired) electrons. The molecular weight excluding hydrogens is 228 g/mol. The molecule has 1 fully saturated rings. The van der Waals surface area contributed by atoms with Crippen molar-refractivity contribution in [2.75, 3.05) is 33.9 Å². The highest BCUT2D eigenvalue weighted by Gasteiger charge is 2.16. The first-order chi connectivity index (χ1) is 8.78. The van der Waals surface area contributed by atoms with E-state index in [0.29, 0.717) is 0 Å². The van der Waals surface area contributed by atoms with Gasteiger partial charge in [-0.05, 0) is 45.0 Å². The number of hydrogen-bond acceptors (Lipinski definition) is 4. The smallest absolute Gasteiger partial charge is 0.118 e. The van der Waals surface area contributed by atoms with Gasteiger partial charge in [-0.25, -0.2) is 0 Å². The van der Waals surface area contributed by atoms with Gasteiger partial charge < -0.3 is 14.5 Å². The van der Waals surface area contributed by atoms with Crippen molar-refractivity contribution >= 4 is 0 Å². The van der Waals surface area contributed by atoms with Gasteiger partial charge in [0, 0.05) is 19.8 Å². The number of nitrogens with zero attached hydrogens (tertiary/aromatic N) is 1. The van der Waals surface area contributed by atoms with Crippen LogP contribution < -0.4 is 5.32 Å². The summed E-state index contributed by atoms with van der Waals surface area (Å²) in [7, 11) is 4.09. The highest BCUT2D eigenvalue weighted by Crippen LogP contribution is 2.17. The van der Waals surface area contributed by atoms with Gasteiger partial charge in [-0.15, -0.1) is 0 Å². The zero-order valence-electron chi connectivity index (χ0n) is 11.4. The zero-order chi connectivity index (χ0) is 12.8. The Balaban J connectivity index is 1.76. The highest BCUT2D eigenvalue weighted by molar-refractivity contribution is 5.06. The van der Waals surface area contributed by atoms with Gasteiger partial charge >= 0.3 is 0 Å². The Morgan fingerprint density at radius 1 is 1.28 bits per heavy atom. The van der Waals surface area contributed by atoms with Crippen LogP contribution in [0.2, 0.25) is 0 Å². The van der Waals surface area contributed by atoms with Gasteiger partial charge in [0.1, 0.15) is 11.5 Å². The van der Waals surface area contributed by atoms with E-state index in [4.69, 9.17) is 9.15 Å². The Bertz CT molecular complexity index is 345. The van der Waals surface area contributed by atoms with E-state index in [1.807, 2.05) is 13.1 Å². The quantitative estimate of drug-likeness (QED) is 0.838. The molecule has 1 saturated heterocycles. The molecule has 1 aromatic heterocycles. The first-order valence-electron chi connectivity index (χ1n) is 6.76. The van der Waals surface area contributed by atoms with Crippen molar-refractivity contribution in [3.63, 3.8) is 0 Å². The normalized spacial score (nSPS) is 17.5. The van der Waals surface area contributed by atoms with E-state index in [-0.39, 0.29) is 0 Å². The Morgan fingerprint density at radius 2 is 2.00 bits per heavy atom. The van der Waals surface area contributed by atoms with Crippen LogP contribution in [0.25, 0.3) is 0 Å². The summed E-state index contributed by atoms with van der Waals surface area (Å²) < 4.78 is 11.1. The van der Waals surface area contributed by atoms with Crippen LogP contribution in [0, 0.1) is 5.92 Å². The summed E-state index contributed by atoms with van der Waals surface area (Å²) >= 11 is 0. The molecule has 1 aliphatic rings. The molecule has 0 bridgehead atoms. The van der Waals surface area contributed by atoms with Gasteiger partial charge in [-0.1, -0.05) is 0 Å². The van der Waals surface area contributed by atoms with Crippen LogP contribution in [0.5, 0.6) is 0 Å². The molecule has 1 aliphatic heterocycles. The Morgan fingerprint density at radius 3 is 2.72 bits per heavy atom. The monoisotopic (exact) mass is 252 g/mol. The number of ether oxygens (including phenoxy) is 1. The third-order valence-electron chi connectivity index (χ3n) is 3.40. The molecule has 18 heavy (non-hydrogen) atoms. The van der Waals surface area contributed by atoms with Crippen molar-refractivity contribution in [3.8, 4) is 0 Å². The molecule has 0 spiro atoms. The minimum absolute atomic E-state index is 0.774. The van der Waals surface area contributed by atoms with E-state index in [0.717, 1.165) is 50.3 Å². The van der Waals surface area contributed by atoms with Crippen LogP contribution >= 0.6 is 0 Å². The van der Waals surface area contributed by atoms with Crippen molar-refractivity contribution in [2.24, 2.45) is 5.92 Å². The Hall–Kier alpha value is -0.840. The summed E-state index contributed by atoms with van der Waals surface area (Å²) in [6.45, 7) is 4.66. The SMILES string of the molecule is CNCc1ccc(CN(C)CC2CCOCC2)o1. The van der Waals surface area contributed by atoms with Crippen molar-refractivity contribution in [1.29, 1.82) is 0 Å². The predicted octanol–water partition coefficient (Wildman–Crippen LogP) is 1.86. The molecule has 1 aromatic rings. The van der Waals surface area contributed by atoms with E-state index < -0.39 is 0 Å². The lowest BCUT2D eigenvalue weighted by Crippen LogP contribution is -2.29. The molecule has 4 heteroatoms. The molecule has 2 rings (SSSR count). The first-order valence-corrected chi connectivity index (χ1v) is 6.76. The molecule has 0 unspecified atom stereocenters. The first kappa shape index (κ1) is 13.6. The second kappa shape index (κ2) is 6.92. The fourth-order valence-electron chi connectivity index (χ4n) is 2.48. The van der Waals surface area contributed by atoms with Gasteiger partial charge in [0.05, 0.1) is 13.1 Å². The number of rotatable bonds is 6. The highest BCUT2D eigenvalue weighted by atomic mass is 16.5. The number of nitrogens with one attached hydrogen (secondary N) is 1. The maximum Gasteiger partial charge on any atom is 0.118 e. The average molecular weight is 252 g/mol. The standard InChI is InChI=1S/C14H24N2O2/c1-15-9-13-3-4-14(18-13)11-16(2)10-12-5-7-17-8-6-12/h3-4,12,15H,5-11H2,1-2H3. The lowest BCUT2D eigenvalue weighted by atomic mass is 10.00. The van der Waals surface area contributed by atoms with Crippen LogP contribution in [0.4, 0.5) is 0 Å². The van der Waals surface area contributed by atoms with Gasteiger partial charge in [0.2, 0.25) is 0 Å². The van der Waals surface area contributed by atoms with E-state index in [1.165, 1.54) is 12.8 Å². The third kappa shape index (κ3) is 4.12. The molecule has 4 nitrogen and oxygen atoms in total.